The second-order valence-electron chi connectivity index (χ2n) is 9.05. The van der Waals surface area contributed by atoms with Crippen LogP contribution in [-0.4, -0.2) is 66.3 Å². The first kappa shape index (κ1) is 26.9. The van der Waals surface area contributed by atoms with Gasteiger partial charge in [-0.1, -0.05) is 12.1 Å². The summed E-state index contributed by atoms with van der Waals surface area (Å²) in [6.45, 7) is 0.735. The van der Waals surface area contributed by atoms with Gasteiger partial charge in [-0.2, -0.15) is 0 Å². The monoisotopic (exact) mass is 534 g/mol. The molecule has 1 aliphatic heterocycles. The number of hydrogen-bond donors (Lipinski definition) is 9. The number of nitrogens with two attached hydrogens (primary N) is 5. The van der Waals surface area contributed by atoms with Gasteiger partial charge in [0.05, 0.1) is 12.1 Å². The smallest absolute Gasteiger partial charge is 0.268 e. The van der Waals surface area contributed by atoms with Crippen molar-refractivity contribution >= 4 is 46.2 Å². The highest BCUT2D eigenvalue weighted by Crippen LogP contribution is 2.37. The third-order valence-corrected chi connectivity index (χ3v) is 6.44. The van der Waals surface area contributed by atoms with Crippen LogP contribution in [0.3, 0.4) is 0 Å². The highest BCUT2D eigenvalue weighted by Gasteiger charge is 2.49. The van der Waals surface area contributed by atoms with E-state index in [-0.39, 0.29) is 49.8 Å². The Morgan fingerprint density at radius 2 is 1.67 bits per heavy atom. The Hall–Kier alpha value is -5.11. The summed E-state index contributed by atoms with van der Waals surface area (Å²) in [7, 11) is 0. The molecule has 2 aromatic carbocycles. The molecule has 39 heavy (non-hydrogen) atoms. The van der Waals surface area contributed by atoms with Crippen molar-refractivity contribution < 1.29 is 19.2 Å². The Balaban J connectivity index is 1.64. The quantitative estimate of drug-likeness (QED) is 0.0618. The predicted octanol–water partition coefficient (Wildman–Crippen LogP) is -1.80. The standard InChI is InChI=1S/C25H30N10O4/c26-5-6-31-21(37)19-18(20(27)36)15-10-13(2-4-17(15)34-19)12-1-3-16-14(9-12)11-25(35-16,22(28)38)23(39)32-7-8-33-24(29)30/h1-4,9-10,34-35H,5-8,11,26H2,(H2,27,36)(H2,28,38)(H,31,37)(H,32,39)(H4,29,30,33). The van der Waals surface area contributed by atoms with Crippen LogP contribution in [0.25, 0.3) is 22.0 Å². The van der Waals surface area contributed by atoms with Crippen LogP contribution in [0, 0.1) is 0 Å². The largest absolute Gasteiger partial charge is 0.370 e. The van der Waals surface area contributed by atoms with Gasteiger partial charge >= 0.3 is 0 Å². The topological polar surface area (TPSA) is 263 Å². The van der Waals surface area contributed by atoms with Crippen LogP contribution < -0.4 is 44.6 Å². The molecule has 0 radical (unpaired) electrons. The zero-order chi connectivity index (χ0) is 28.3. The van der Waals surface area contributed by atoms with Crippen LogP contribution in [0.15, 0.2) is 41.4 Å². The average molecular weight is 535 g/mol. The van der Waals surface area contributed by atoms with E-state index < -0.39 is 29.2 Å². The molecule has 0 aliphatic carbocycles. The lowest BCUT2D eigenvalue weighted by molar-refractivity contribution is -0.133. The molecule has 204 valence electrons. The molecule has 3 aromatic rings. The molecule has 14 nitrogen and oxygen atoms in total. The molecule has 0 saturated carbocycles. The lowest BCUT2D eigenvalue weighted by atomic mass is 9.92. The molecule has 4 amide bonds. The SMILES string of the molecule is NCCNC(=O)c1[nH]c2ccc(-c3ccc4c(c3)CC(C(N)=O)(C(=O)NCCN=C(N)N)N4)cc2c1C(N)=O. The Kier molecular flexibility index (Phi) is 7.40. The van der Waals surface area contributed by atoms with Crippen LogP contribution in [0.1, 0.15) is 26.4 Å². The lowest BCUT2D eigenvalue weighted by Crippen LogP contribution is -2.60. The van der Waals surface area contributed by atoms with Gasteiger partial charge in [-0.3, -0.25) is 24.2 Å². The molecule has 1 unspecified atom stereocenters. The first-order valence-electron chi connectivity index (χ1n) is 12.1. The third kappa shape index (κ3) is 5.17. The van der Waals surface area contributed by atoms with E-state index in [1.807, 2.05) is 12.1 Å². The maximum Gasteiger partial charge on any atom is 0.268 e. The van der Waals surface area contributed by atoms with Crippen LogP contribution in [0.5, 0.6) is 0 Å². The minimum Gasteiger partial charge on any atom is -0.370 e. The molecule has 14 heteroatoms. The number of aliphatic imine (C=N–C) groups is 1. The predicted molar refractivity (Wildman–Crippen MR) is 147 cm³/mol. The summed E-state index contributed by atoms with van der Waals surface area (Å²) in [6, 6.07) is 10.7. The minimum atomic E-state index is -1.69. The molecular weight excluding hydrogens is 504 g/mol. The van der Waals surface area contributed by atoms with E-state index >= 15 is 0 Å². The number of aromatic nitrogens is 1. The zero-order valence-electron chi connectivity index (χ0n) is 21.0. The number of carbonyl (C=O) groups is 4. The van der Waals surface area contributed by atoms with Crippen molar-refractivity contribution in [2.45, 2.75) is 12.0 Å². The van der Waals surface area contributed by atoms with Crippen molar-refractivity contribution in [3.05, 3.63) is 53.2 Å². The number of nitrogens with one attached hydrogen (secondary N) is 4. The van der Waals surface area contributed by atoms with Crippen molar-refractivity contribution in [3.63, 3.8) is 0 Å². The van der Waals surface area contributed by atoms with Crippen LogP contribution in [0.2, 0.25) is 0 Å². The van der Waals surface area contributed by atoms with Crippen molar-refractivity contribution in [3.8, 4) is 11.1 Å². The van der Waals surface area contributed by atoms with Crippen molar-refractivity contribution in [2.24, 2.45) is 33.7 Å². The number of anilines is 1. The summed E-state index contributed by atoms with van der Waals surface area (Å²) in [6.07, 6.45) is 0.0179. The van der Waals surface area contributed by atoms with E-state index in [4.69, 9.17) is 28.7 Å². The molecule has 1 aromatic heterocycles. The van der Waals surface area contributed by atoms with E-state index in [1.165, 1.54) is 0 Å². The summed E-state index contributed by atoms with van der Waals surface area (Å²) < 4.78 is 0. The normalized spacial score (nSPS) is 15.7. The summed E-state index contributed by atoms with van der Waals surface area (Å²) in [4.78, 5) is 57.0. The van der Waals surface area contributed by atoms with Crippen LogP contribution in [0.4, 0.5) is 5.69 Å². The maximum atomic E-state index is 13.0. The number of benzene rings is 2. The fourth-order valence-corrected chi connectivity index (χ4v) is 4.58. The number of rotatable bonds is 10. The number of primary amides is 2. The van der Waals surface area contributed by atoms with Crippen molar-refractivity contribution in [1.82, 2.24) is 15.6 Å². The first-order chi connectivity index (χ1) is 18.6. The van der Waals surface area contributed by atoms with E-state index in [0.29, 0.717) is 22.2 Å². The number of hydrogen-bond acceptors (Lipinski definition) is 7. The summed E-state index contributed by atoms with van der Waals surface area (Å²) >= 11 is 0. The molecule has 1 atom stereocenters. The van der Waals surface area contributed by atoms with E-state index in [0.717, 1.165) is 11.1 Å². The van der Waals surface area contributed by atoms with Gasteiger partial charge in [0.25, 0.3) is 23.6 Å². The molecule has 0 spiro atoms. The Bertz CT molecular complexity index is 1510. The van der Waals surface area contributed by atoms with E-state index in [1.54, 1.807) is 24.3 Å². The van der Waals surface area contributed by atoms with Crippen molar-refractivity contribution in [1.29, 1.82) is 0 Å². The molecule has 1 aliphatic rings. The Labute approximate surface area is 222 Å². The lowest BCUT2D eigenvalue weighted by Gasteiger charge is -2.25. The summed E-state index contributed by atoms with van der Waals surface area (Å²) in [5.41, 5.74) is 29.1. The minimum absolute atomic E-state index is 0.0179. The zero-order valence-corrected chi connectivity index (χ0v) is 21.0. The van der Waals surface area contributed by atoms with Gasteiger partial charge in [-0.05, 0) is 41.0 Å². The van der Waals surface area contributed by atoms with E-state index in [2.05, 4.69) is 25.9 Å². The van der Waals surface area contributed by atoms with Gasteiger partial charge in [0.1, 0.15) is 5.69 Å². The number of H-pyrrole nitrogens is 1. The fourth-order valence-electron chi connectivity index (χ4n) is 4.58. The molecule has 0 saturated heterocycles. The fraction of sp³-hybridized carbons (Fsp3) is 0.240. The highest BCUT2D eigenvalue weighted by atomic mass is 16.2. The van der Waals surface area contributed by atoms with Gasteiger partial charge in [0, 0.05) is 42.6 Å². The van der Waals surface area contributed by atoms with Crippen LogP contribution >= 0.6 is 0 Å². The number of carbonyl (C=O) groups excluding carboxylic acids is 4. The molecule has 14 N–H and O–H groups in total. The Morgan fingerprint density at radius 1 is 0.949 bits per heavy atom. The Morgan fingerprint density at radius 3 is 2.33 bits per heavy atom. The number of amides is 4. The van der Waals surface area contributed by atoms with Gasteiger partial charge in [-0.15, -0.1) is 0 Å². The second kappa shape index (κ2) is 10.7. The third-order valence-electron chi connectivity index (χ3n) is 6.44. The van der Waals surface area contributed by atoms with Gasteiger partial charge in [0.15, 0.2) is 11.5 Å². The average Bonchev–Trinajstić information content (AvgIpc) is 3.48. The molecular formula is C25H30N10O4. The number of guanidine groups is 1. The highest BCUT2D eigenvalue weighted by molar-refractivity contribution is 6.16. The molecule has 2 heterocycles. The summed E-state index contributed by atoms with van der Waals surface area (Å²) in [5, 5.41) is 8.71. The summed E-state index contributed by atoms with van der Waals surface area (Å²) in [5.74, 6) is -2.79. The number of aromatic amines is 1. The molecule has 0 bridgehead atoms. The van der Waals surface area contributed by atoms with Crippen LogP contribution in [-0.2, 0) is 16.0 Å². The molecule has 4 rings (SSSR count). The first-order valence-corrected chi connectivity index (χ1v) is 12.1. The van der Waals surface area contributed by atoms with Gasteiger partial charge in [0.2, 0.25) is 0 Å². The van der Waals surface area contributed by atoms with Crippen molar-refractivity contribution in [2.75, 3.05) is 31.5 Å². The number of nitrogens with zero attached hydrogens (tertiary/aromatic N) is 1. The number of fused-ring (bicyclic) bond motifs is 2. The van der Waals surface area contributed by atoms with Gasteiger partial charge < -0.3 is 49.6 Å². The second-order valence-corrected chi connectivity index (χ2v) is 9.05. The van der Waals surface area contributed by atoms with Gasteiger partial charge in [-0.25, -0.2) is 0 Å². The van der Waals surface area contributed by atoms with E-state index in [9.17, 15) is 19.2 Å². The maximum absolute atomic E-state index is 13.0. The molecule has 0 fully saturated rings.